The Balaban J connectivity index is 2.10. The molecule has 1 aromatic heterocycles. The van der Waals surface area contributed by atoms with Crippen LogP contribution in [0.4, 0.5) is 0 Å². The second kappa shape index (κ2) is 6.02. The Hall–Kier alpha value is -1.62. The Morgan fingerprint density at radius 1 is 1.32 bits per heavy atom. The molecule has 0 aliphatic rings. The summed E-state index contributed by atoms with van der Waals surface area (Å²) in [4.78, 5) is 16.1. The largest absolute Gasteiger partial charge is 0.497 e. The van der Waals surface area contributed by atoms with Crippen LogP contribution >= 0.6 is 15.9 Å². The molecule has 0 saturated carbocycles. The second-order valence-electron chi connectivity index (χ2n) is 4.24. The monoisotopic (exact) mass is 322 g/mol. The zero-order valence-electron chi connectivity index (χ0n) is 10.9. The van der Waals surface area contributed by atoms with Gasteiger partial charge in [-0.1, -0.05) is 12.1 Å². The van der Waals surface area contributed by atoms with Gasteiger partial charge in [-0.3, -0.25) is 9.36 Å². The third kappa shape index (κ3) is 3.23. The fourth-order valence-corrected chi connectivity index (χ4v) is 2.08. The predicted octanol–water partition coefficient (Wildman–Crippen LogP) is 2.57. The molecule has 0 N–H and O–H groups in total. The molecule has 2 rings (SSSR count). The molecule has 0 unspecified atom stereocenters. The summed E-state index contributed by atoms with van der Waals surface area (Å²) in [5, 5.41) is 0. The first-order chi connectivity index (χ1) is 9.11. The molecule has 2 aromatic rings. The van der Waals surface area contributed by atoms with E-state index in [0.29, 0.717) is 16.7 Å². The lowest BCUT2D eigenvalue weighted by atomic mass is 10.1. The Kier molecular flexibility index (Phi) is 4.37. The smallest absolute Gasteiger partial charge is 0.267 e. The van der Waals surface area contributed by atoms with Crippen LogP contribution < -0.4 is 10.3 Å². The molecule has 19 heavy (non-hydrogen) atoms. The lowest BCUT2D eigenvalue weighted by Crippen LogP contribution is -2.23. The normalized spacial score (nSPS) is 10.5. The van der Waals surface area contributed by atoms with E-state index in [0.717, 1.165) is 17.7 Å². The van der Waals surface area contributed by atoms with E-state index in [-0.39, 0.29) is 5.56 Å². The Bertz CT molecular complexity index is 620. The maximum Gasteiger partial charge on any atom is 0.267 e. The molecule has 0 aliphatic carbocycles. The van der Waals surface area contributed by atoms with E-state index >= 15 is 0 Å². The molecule has 0 atom stereocenters. The van der Waals surface area contributed by atoms with E-state index in [4.69, 9.17) is 4.74 Å². The van der Waals surface area contributed by atoms with Gasteiger partial charge in [-0.25, -0.2) is 4.98 Å². The Morgan fingerprint density at radius 2 is 2.00 bits per heavy atom. The van der Waals surface area contributed by atoms with E-state index < -0.39 is 0 Å². The van der Waals surface area contributed by atoms with Crippen LogP contribution in [0.15, 0.2) is 39.9 Å². The number of benzene rings is 1. The van der Waals surface area contributed by atoms with Crippen LogP contribution in [0.3, 0.4) is 0 Å². The highest BCUT2D eigenvalue weighted by Crippen LogP contribution is 2.12. The summed E-state index contributed by atoms with van der Waals surface area (Å²) < 4.78 is 7.25. The van der Waals surface area contributed by atoms with Gasteiger partial charge in [-0.05, 0) is 47.0 Å². The minimum absolute atomic E-state index is 0.0407. The lowest BCUT2D eigenvalue weighted by Gasteiger charge is -2.07. The molecule has 4 nitrogen and oxygen atoms in total. The third-order valence-corrected chi connectivity index (χ3v) is 3.87. The van der Waals surface area contributed by atoms with Crippen molar-refractivity contribution in [3.05, 3.63) is 56.7 Å². The number of halogens is 1. The molecule has 1 heterocycles. The highest BCUT2D eigenvalue weighted by molar-refractivity contribution is 9.10. The second-order valence-corrected chi connectivity index (χ2v) is 5.03. The first kappa shape index (κ1) is 13.8. The van der Waals surface area contributed by atoms with Gasteiger partial charge in [-0.15, -0.1) is 0 Å². The van der Waals surface area contributed by atoms with Gasteiger partial charge < -0.3 is 4.74 Å². The minimum Gasteiger partial charge on any atom is -0.497 e. The number of aromatic nitrogens is 2. The Morgan fingerprint density at radius 3 is 2.63 bits per heavy atom. The number of aryl methyl sites for hydroxylation is 3. The number of hydrogen-bond acceptors (Lipinski definition) is 3. The molecule has 0 amide bonds. The van der Waals surface area contributed by atoms with Crippen LogP contribution in [-0.2, 0) is 13.0 Å². The van der Waals surface area contributed by atoms with Crippen molar-refractivity contribution >= 4 is 15.9 Å². The average molecular weight is 323 g/mol. The fraction of sp³-hybridized carbons (Fsp3) is 0.286. The van der Waals surface area contributed by atoms with E-state index in [9.17, 15) is 4.79 Å². The van der Waals surface area contributed by atoms with Gasteiger partial charge >= 0.3 is 0 Å². The molecule has 0 saturated heterocycles. The summed E-state index contributed by atoms with van der Waals surface area (Å²) in [6.45, 7) is 2.41. The molecule has 0 fully saturated rings. The topological polar surface area (TPSA) is 44.1 Å². The van der Waals surface area contributed by atoms with Gasteiger partial charge in [0.2, 0.25) is 0 Å². The number of rotatable bonds is 4. The quantitative estimate of drug-likeness (QED) is 0.869. The molecular weight excluding hydrogens is 308 g/mol. The first-order valence-corrected chi connectivity index (χ1v) is 6.75. The van der Waals surface area contributed by atoms with Crippen molar-refractivity contribution in [2.24, 2.45) is 0 Å². The molecule has 0 bridgehead atoms. The van der Waals surface area contributed by atoms with Gasteiger partial charge in [-0.2, -0.15) is 0 Å². The van der Waals surface area contributed by atoms with E-state index in [1.807, 2.05) is 24.3 Å². The molecule has 0 aliphatic heterocycles. The average Bonchev–Trinajstić information content (AvgIpc) is 2.45. The summed E-state index contributed by atoms with van der Waals surface area (Å²) in [7, 11) is 1.64. The highest BCUT2D eigenvalue weighted by atomic mass is 79.9. The maximum absolute atomic E-state index is 12.0. The summed E-state index contributed by atoms with van der Waals surface area (Å²) in [5.74, 6) is 0.834. The molecule has 0 spiro atoms. The van der Waals surface area contributed by atoms with Gasteiger partial charge in [0.25, 0.3) is 5.56 Å². The number of nitrogens with zero attached hydrogens (tertiary/aromatic N) is 2. The maximum atomic E-state index is 12.0. The summed E-state index contributed by atoms with van der Waals surface area (Å²) in [5.41, 5.74) is 1.83. The molecule has 0 radical (unpaired) electrons. The van der Waals surface area contributed by atoms with Crippen molar-refractivity contribution in [2.75, 3.05) is 7.11 Å². The predicted molar refractivity (Wildman–Crippen MR) is 77.6 cm³/mol. The number of methoxy groups -OCH3 is 1. The molecule has 5 heteroatoms. The minimum atomic E-state index is -0.0407. The third-order valence-electron chi connectivity index (χ3n) is 2.96. The van der Waals surface area contributed by atoms with Crippen LogP contribution in [-0.4, -0.2) is 16.7 Å². The standard InChI is InChI=1S/C14H15BrN2O2/c1-10-13(15)14(18)17(9-16-10)8-7-11-3-5-12(19-2)6-4-11/h3-6,9H,7-8H2,1-2H3. The van der Waals surface area contributed by atoms with E-state index in [1.165, 1.54) is 0 Å². The van der Waals surface area contributed by atoms with Crippen molar-refractivity contribution in [3.8, 4) is 5.75 Å². The van der Waals surface area contributed by atoms with Gasteiger partial charge in [0.05, 0.1) is 19.1 Å². The van der Waals surface area contributed by atoms with Crippen LogP contribution in [0.2, 0.25) is 0 Å². The van der Waals surface area contributed by atoms with Crippen LogP contribution in [0.25, 0.3) is 0 Å². The van der Waals surface area contributed by atoms with E-state index in [1.54, 1.807) is 24.9 Å². The van der Waals surface area contributed by atoms with Crippen LogP contribution in [0.5, 0.6) is 5.75 Å². The zero-order valence-corrected chi connectivity index (χ0v) is 12.5. The first-order valence-electron chi connectivity index (χ1n) is 5.96. The van der Waals surface area contributed by atoms with Crippen molar-refractivity contribution in [2.45, 2.75) is 19.9 Å². The zero-order chi connectivity index (χ0) is 13.8. The molecular formula is C14H15BrN2O2. The number of hydrogen-bond donors (Lipinski definition) is 0. The van der Waals surface area contributed by atoms with Crippen LogP contribution in [0.1, 0.15) is 11.3 Å². The fourth-order valence-electron chi connectivity index (χ4n) is 1.75. The Labute approximate surface area is 120 Å². The van der Waals surface area contributed by atoms with Crippen molar-refractivity contribution in [3.63, 3.8) is 0 Å². The van der Waals surface area contributed by atoms with Gasteiger partial charge in [0, 0.05) is 6.54 Å². The SMILES string of the molecule is COc1ccc(CCn2cnc(C)c(Br)c2=O)cc1. The molecule has 1 aromatic carbocycles. The summed E-state index contributed by atoms with van der Waals surface area (Å²) >= 11 is 3.26. The molecule has 100 valence electrons. The van der Waals surface area contributed by atoms with Crippen LogP contribution in [0, 0.1) is 6.92 Å². The summed E-state index contributed by atoms with van der Waals surface area (Å²) in [6.07, 6.45) is 2.37. The van der Waals surface area contributed by atoms with E-state index in [2.05, 4.69) is 20.9 Å². The van der Waals surface area contributed by atoms with Gasteiger partial charge in [0.1, 0.15) is 10.2 Å². The summed E-state index contributed by atoms with van der Waals surface area (Å²) in [6, 6.07) is 7.84. The van der Waals surface area contributed by atoms with Gasteiger partial charge in [0.15, 0.2) is 0 Å². The number of ether oxygens (including phenoxy) is 1. The van der Waals surface area contributed by atoms with Crippen molar-refractivity contribution in [1.82, 2.24) is 9.55 Å². The van der Waals surface area contributed by atoms with Crippen molar-refractivity contribution in [1.29, 1.82) is 0 Å². The van der Waals surface area contributed by atoms with Crippen molar-refractivity contribution < 1.29 is 4.74 Å². The lowest BCUT2D eigenvalue weighted by molar-refractivity contribution is 0.414. The highest BCUT2D eigenvalue weighted by Gasteiger charge is 2.05.